The van der Waals surface area contributed by atoms with Crippen molar-refractivity contribution in [3.8, 4) is 23.0 Å². The summed E-state index contributed by atoms with van der Waals surface area (Å²) in [4.78, 5) is 12.3. The summed E-state index contributed by atoms with van der Waals surface area (Å²) in [6.45, 7) is 6.75. The maximum Gasteiger partial charge on any atom is 0.224 e. The molecule has 3 rings (SSSR count). The molecule has 0 fully saturated rings. The lowest BCUT2D eigenvalue weighted by Crippen LogP contribution is -2.40. The minimum atomic E-state index is -0.981. The lowest BCUT2D eigenvalue weighted by Gasteiger charge is -2.26. The quantitative estimate of drug-likeness (QED) is 0.591. The Morgan fingerprint density at radius 3 is 2.55 bits per heavy atom. The summed E-state index contributed by atoms with van der Waals surface area (Å²) in [5.74, 6) is 1.64. The average Bonchev–Trinajstić information content (AvgIpc) is 2.72. The molecule has 0 aromatic heterocycles. The molecule has 0 spiro atoms. The van der Waals surface area contributed by atoms with Crippen LogP contribution in [0.3, 0.4) is 0 Å². The Hall–Kier alpha value is -3.19. The van der Waals surface area contributed by atoms with E-state index in [0.29, 0.717) is 41.6 Å². The molecule has 1 heterocycles. The highest BCUT2D eigenvalue weighted by Crippen LogP contribution is 2.34. The number of aromatic hydroxyl groups is 1. The van der Waals surface area contributed by atoms with Gasteiger partial charge in [0.15, 0.2) is 11.5 Å². The van der Waals surface area contributed by atoms with Crippen LogP contribution in [0.4, 0.5) is 0 Å². The smallest absolute Gasteiger partial charge is 0.224 e. The van der Waals surface area contributed by atoms with Crippen LogP contribution in [0.15, 0.2) is 54.6 Å². The van der Waals surface area contributed by atoms with Crippen molar-refractivity contribution in [3.05, 3.63) is 60.2 Å². The number of carbonyl (C=O) groups is 1. The highest BCUT2D eigenvalue weighted by molar-refractivity contribution is 5.77. The van der Waals surface area contributed by atoms with Crippen LogP contribution in [0.2, 0.25) is 0 Å². The van der Waals surface area contributed by atoms with Gasteiger partial charge >= 0.3 is 0 Å². The van der Waals surface area contributed by atoms with E-state index in [-0.39, 0.29) is 24.7 Å². The Kier molecular flexibility index (Phi) is 6.61. The van der Waals surface area contributed by atoms with Crippen LogP contribution in [0.5, 0.6) is 23.0 Å². The number of rotatable bonds is 8. The SMILES string of the molecule is C=C(C)[C@@H](NC(=O)CCOc1ccc(O)cc1)C(O)c1ccc2c(c1)OCCO2. The Labute approximate surface area is 169 Å². The van der Waals surface area contributed by atoms with Crippen molar-refractivity contribution >= 4 is 5.91 Å². The Bertz CT molecular complexity index is 864. The van der Waals surface area contributed by atoms with E-state index in [1.807, 2.05) is 0 Å². The molecule has 2 aromatic carbocycles. The van der Waals surface area contributed by atoms with Crippen molar-refractivity contribution in [2.45, 2.75) is 25.5 Å². The molecule has 1 unspecified atom stereocenters. The van der Waals surface area contributed by atoms with Crippen LogP contribution in [-0.4, -0.2) is 42.0 Å². The number of carbonyl (C=O) groups excluding carboxylic acids is 1. The second kappa shape index (κ2) is 9.34. The van der Waals surface area contributed by atoms with Crippen LogP contribution in [0.25, 0.3) is 0 Å². The van der Waals surface area contributed by atoms with Gasteiger partial charge in [-0.15, -0.1) is 0 Å². The molecule has 154 valence electrons. The average molecular weight is 399 g/mol. The molecular weight excluding hydrogens is 374 g/mol. The second-order valence-corrected chi connectivity index (χ2v) is 6.83. The maximum absolute atomic E-state index is 12.3. The van der Waals surface area contributed by atoms with Crippen molar-refractivity contribution in [3.63, 3.8) is 0 Å². The number of phenolic OH excluding ortho intramolecular Hbond substituents is 1. The van der Waals surface area contributed by atoms with Gasteiger partial charge in [-0.05, 0) is 48.9 Å². The zero-order chi connectivity index (χ0) is 20.8. The fourth-order valence-electron chi connectivity index (χ4n) is 2.96. The van der Waals surface area contributed by atoms with E-state index in [9.17, 15) is 15.0 Å². The second-order valence-electron chi connectivity index (χ2n) is 6.83. The molecule has 0 aliphatic carbocycles. The molecule has 0 radical (unpaired) electrons. The van der Waals surface area contributed by atoms with E-state index < -0.39 is 12.1 Å². The fourth-order valence-corrected chi connectivity index (χ4v) is 2.96. The maximum atomic E-state index is 12.3. The molecule has 0 bridgehead atoms. The Morgan fingerprint density at radius 1 is 1.17 bits per heavy atom. The van der Waals surface area contributed by atoms with Crippen molar-refractivity contribution in [2.75, 3.05) is 19.8 Å². The zero-order valence-corrected chi connectivity index (χ0v) is 16.3. The summed E-state index contributed by atoms with van der Waals surface area (Å²) in [7, 11) is 0. The third kappa shape index (κ3) is 5.42. The number of aliphatic hydroxyl groups excluding tert-OH is 1. The molecule has 29 heavy (non-hydrogen) atoms. The molecule has 7 nitrogen and oxygen atoms in total. The lowest BCUT2D eigenvalue weighted by molar-refractivity contribution is -0.122. The number of hydrogen-bond acceptors (Lipinski definition) is 6. The van der Waals surface area contributed by atoms with E-state index in [1.165, 1.54) is 12.1 Å². The highest BCUT2D eigenvalue weighted by atomic mass is 16.6. The molecule has 1 aliphatic rings. The van der Waals surface area contributed by atoms with Gasteiger partial charge in [-0.3, -0.25) is 4.79 Å². The Balaban J connectivity index is 1.58. The first kappa shape index (κ1) is 20.5. The molecular formula is C22H25NO6. The molecule has 0 saturated carbocycles. The first-order valence-electron chi connectivity index (χ1n) is 9.38. The first-order valence-corrected chi connectivity index (χ1v) is 9.38. The Morgan fingerprint density at radius 2 is 1.86 bits per heavy atom. The summed E-state index contributed by atoms with van der Waals surface area (Å²) in [6.07, 6.45) is -0.872. The number of aliphatic hydroxyl groups is 1. The molecule has 1 amide bonds. The molecule has 0 saturated heterocycles. The molecule has 1 aliphatic heterocycles. The largest absolute Gasteiger partial charge is 0.508 e. The van der Waals surface area contributed by atoms with Gasteiger partial charge in [-0.25, -0.2) is 0 Å². The van der Waals surface area contributed by atoms with Crippen LogP contribution < -0.4 is 19.5 Å². The van der Waals surface area contributed by atoms with Gasteiger partial charge in [-0.1, -0.05) is 18.2 Å². The van der Waals surface area contributed by atoms with E-state index in [1.54, 1.807) is 37.3 Å². The van der Waals surface area contributed by atoms with E-state index in [4.69, 9.17) is 14.2 Å². The fraction of sp³-hybridized carbons (Fsp3) is 0.318. The predicted molar refractivity (Wildman–Crippen MR) is 107 cm³/mol. The summed E-state index contributed by atoms with van der Waals surface area (Å²) >= 11 is 0. The lowest BCUT2D eigenvalue weighted by atomic mass is 9.96. The first-order chi connectivity index (χ1) is 13.9. The van der Waals surface area contributed by atoms with Gasteiger partial charge in [0.2, 0.25) is 5.91 Å². The standard InChI is InChI=1S/C22H25NO6/c1-14(2)21(22(26)15-3-8-18-19(13-15)29-12-11-28-18)23-20(25)9-10-27-17-6-4-16(24)5-7-17/h3-8,13,21-22,24,26H,1,9-12H2,2H3,(H,23,25)/t21-,22?/m1/s1. The van der Waals surface area contributed by atoms with Crippen molar-refractivity contribution in [2.24, 2.45) is 0 Å². The minimum absolute atomic E-state index is 0.110. The number of ether oxygens (including phenoxy) is 3. The predicted octanol–water partition coefficient (Wildman–Crippen LogP) is 2.73. The summed E-state index contributed by atoms with van der Waals surface area (Å²) in [5.41, 5.74) is 1.23. The van der Waals surface area contributed by atoms with Crippen LogP contribution in [0, 0.1) is 0 Å². The van der Waals surface area contributed by atoms with Gasteiger partial charge < -0.3 is 29.7 Å². The van der Waals surface area contributed by atoms with Gasteiger partial charge in [0.05, 0.1) is 19.1 Å². The summed E-state index contributed by atoms with van der Waals surface area (Å²) in [6, 6.07) is 10.8. The van der Waals surface area contributed by atoms with Crippen molar-refractivity contribution in [1.82, 2.24) is 5.32 Å². The van der Waals surface area contributed by atoms with Gasteiger partial charge in [0.25, 0.3) is 0 Å². The zero-order valence-electron chi connectivity index (χ0n) is 16.3. The van der Waals surface area contributed by atoms with Crippen LogP contribution in [0.1, 0.15) is 25.0 Å². The van der Waals surface area contributed by atoms with Crippen molar-refractivity contribution < 1.29 is 29.2 Å². The van der Waals surface area contributed by atoms with E-state index in [0.717, 1.165) is 0 Å². The van der Waals surface area contributed by atoms with Gasteiger partial charge in [-0.2, -0.15) is 0 Å². The summed E-state index contributed by atoms with van der Waals surface area (Å²) in [5, 5.41) is 22.9. The molecule has 2 aromatic rings. The number of phenols is 1. The number of benzene rings is 2. The number of fused-ring (bicyclic) bond motifs is 1. The molecule has 2 atom stereocenters. The minimum Gasteiger partial charge on any atom is -0.508 e. The third-order valence-corrected chi connectivity index (χ3v) is 4.51. The van der Waals surface area contributed by atoms with Crippen molar-refractivity contribution in [1.29, 1.82) is 0 Å². The van der Waals surface area contributed by atoms with Crippen LogP contribution >= 0.6 is 0 Å². The summed E-state index contributed by atoms with van der Waals surface area (Å²) < 4.78 is 16.6. The molecule has 7 heteroatoms. The third-order valence-electron chi connectivity index (χ3n) is 4.51. The van der Waals surface area contributed by atoms with Crippen LogP contribution in [-0.2, 0) is 4.79 Å². The highest BCUT2D eigenvalue weighted by Gasteiger charge is 2.25. The number of nitrogens with one attached hydrogen (secondary N) is 1. The molecule has 3 N–H and O–H groups in total. The number of amides is 1. The topological polar surface area (TPSA) is 97.3 Å². The normalized spacial score (nSPS) is 14.6. The van der Waals surface area contributed by atoms with Gasteiger partial charge in [0.1, 0.15) is 30.8 Å². The monoisotopic (exact) mass is 399 g/mol. The van der Waals surface area contributed by atoms with Gasteiger partial charge in [0, 0.05) is 0 Å². The van der Waals surface area contributed by atoms with E-state index >= 15 is 0 Å². The van der Waals surface area contributed by atoms with E-state index in [2.05, 4.69) is 11.9 Å². The number of hydrogen-bond donors (Lipinski definition) is 3.